The molecule has 1 N–H and O–H groups in total. The van der Waals surface area contributed by atoms with Gasteiger partial charge in [0.1, 0.15) is 0 Å². The molecule has 0 unspecified atom stereocenters. The second-order valence-electron chi connectivity index (χ2n) is 3.04. The minimum Gasteiger partial charge on any atom is -0.392 e. The molecule has 0 saturated carbocycles. The highest BCUT2D eigenvalue weighted by Gasteiger charge is 1.93. The van der Waals surface area contributed by atoms with Gasteiger partial charge in [0, 0.05) is 11.6 Å². The lowest BCUT2D eigenvalue weighted by molar-refractivity contribution is 0.343. The van der Waals surface area contributed by atoms with Crippen molar-refractivity contribution in [1.29, 1.82) is 0 Å². The average Bonchev–Trinajstić information content (AvgIpc) is 2.26. The second-order valence-corrected chi connectivity index (χ2v) is 3.04. The number of aromatic nitrogens is 1. The summed E-state index contributed by atoms with van der Waals surface area (Å²) < 4.78 is 0. The van der Waals surface area contributed by atoms with Gasteiger partial charge < -0.3 is 5.11 Å². The van der Waals surface area contributed by atoms with Gasteiger partial charge in [-0.3, -0.25) is 4.98 Å². The van der Waals surface area contributed by atoms with Crippen LogP contribution in [0, 0.1) is 0 Å². The molecule has 1 aromatic heterocycles. The normalized spacial score (nSPS) is 11.2. The molecular formula is C12H11NO. The van der Waals surface area contributed by atoms with Crippen molar-refractivity contribution in [2.45, 2.75) is 0 Å². The zero-order valence-electron chi connectivity index (χ0n) is 7.72. The molecule has 0 fully saturated rings. The Bertz CT molecular complexity index is 463. The monoisotopic (exact) mass is 185 g/mol. The summed E-state index contributed by atoms with van der Waals surface area (Å²) in [7, 11) is 0. The van der Waals surface area contributed by atoms with Crippen molar-refractivity contribution in [3.8, 4) is 0 Å². The molecule has 2 aromatic rings. The van der Waals surface area contributed by atoms with Crippen LogP contribution in [0.1, 0.15) is 5.56 Å². The number of aliphatic hydroxyl groups is 1. The van der Waals surface area contributed by atoms with Crippen LogP contribution in [0.5, 0.6) is 0 Å². The van der Waals surface area contributed by atoms with Crippen LogP contribution >= 0.6 is 0 Å². The SMILES string of the molecule is OC/C=C/c1ccc2ncccc2c1. The summed E-state index contributed by atoms with van der Waals surface area (Å²) >= 11 is 0. The van der Waals surface area contributed by atoms with Crippen LogP contribution in [-0.2, 0) is 0 Å². The highest BCUT2D eigenvalue weighted by atomic mass is 16.2. The van der Waals surface area contributed by atoms with Crippen molar-refractivity contribution < 1.29 is 5.11 Å². The Labute approximate surface area is 82.5 Å². The van der Waals surface area contributed by atoms with Crippen LogP contribution in [0.3, 0.4) is 0 Å². The van der Waals surface area contributed by atoms with E-state index in [2.05, 4.69) is 11.1 Å². The molecule has 14 heavy (non-hydrogen) atoms. The predicted octanol–water partition coefficient (Wildman–Crippen LogP) is 2.24. The maximum absolute atomic E-state index is 8.64. The molecule has 0 atom stereocenters. The van der Waals surface area contributed by atoms with Gasteiger partial charge in [-0.1, -0.05) is 24.3 Å². The number of nitrogens with zero attached hydrogens (tertiary/aromatic N) is 1. The molecule has 1 heterocycles. The summed E-state index contributed by atoms with van der Waals surface area (Å²) in [4.78, 5) is 4.23. The number of rotatable bonds is 2. The highest BCUT2D eigenvalue weighted by Crippen LogP contribution is 2.13. The first-order chi connectivity index (χ1) is 6.90. The number of fused-ring (bicyclic) bond motifs is 1. The second kappa shape index (κ2) is 4.03. The van der Waals surface area contributed by atoms with Crippen LogP contribution in [0.15, 0.2) is 42.6 Å². The zero-order valence-corrected chi connectivity index (χ0v) is 7.72. The zero-order chi connectivity index (χ0) is 9.80. The van der Waals surface area contributed by atoms with E-state index >= 15 is 0 Å². The van der Waals surface area contributed by atoms with E-state index < -0.39 is 0 Å². The number of aliphatic hydroxyl groups excluding tert-OH is 1. The summed E-state index contributed by atoms with van der Waals surface area (Å²) in [5.41, 5.74) is 2.08. The lowest BCUT2D eigenvalue weighted by atomic mass is 10.1. The molecule has 0 bridgehead atoms. The van der Waals surface area contributed by atoms with Gasteiger partial charge in [-0.15, -0.1) is 0 Å². The van der Waals surface area contributed by atoms with Crippen molar-refractivity contribution in [2.24, 2.45) is 0 Å². The molecule has 2 nitrogen and oxygen atoms in total. The lowest BCUT2D eigenvalue weighted by Gasteiger charge is -1.97. The van der Waals surface area contributed by atoms with E-state index in [0.29, 0.717) is 0 Å². The predicted molar refractivity (Wildman–Crippen MR) is 57.9 cm³/mol. The van der Waals surface area contributed by atoms with Gasteiger partial charge in [-0.05, 0) is 23.8 Å². The minimum absolute atomic E-state index is 0.0745. The van der Waals surface area contributed by atoms with Gasteiger partial charge in [0.2, 0.25) is 0 Å². The highest BCUT2D eigenvalue weighted by molar-refractivity contribution is 5.80. The fourth-order valence-corrected chi connectivity index (χ4v) is 1.39. The molecule has 0 aliphatic rings. The fraction of sp³-hybridized carbons (Fsp3) is 0.0833. The number of hydrogen-bond donors (Lipinski definition) is 1. The van der Waals surface area contributed by atoms with Crippen molar-refractivity contribution in [3.05, 3.63) is 48.2 Å². The Morgan fingerprint density at radius 2 is 2.21 bits per heavy atom. The standard InChI is InChI=1S/C12H11NO/c14-8-2-3-10-5-6-12-11(9-10)4-1-7-13-12/h1-7,9,14H,8H2/b3-2+. The number of hydrogen-bond acceptors (Lipinski definition) is 2. The smallest absolute Gasteiger partial charge is 0.0702 e. The van der Waals surface area contributed by atoms with Crippen LogP contribution in [-0.4, -0.2) is 16.7 Å². The lowest BCUT2D eigenvalue weighted by Crippen LogP contribution is -1.79. The molecule has 0 aliphatic carbocycles. The molecular weight excluding hydrogens is 174 g/mol. The molecule has 2 rings (SSSR count). The van der Waals surface area contributed by atoms with Gasteiger partial charge in [0.05, 0.1) is 12.1 Å². The molecule has 0 radical (unpaired) electrons. The molecule has 1 aromatic carbocycles. The number of pyridine rings is 1. The third-order valence-electron chi connectivity index (χ3n) is 2.04. The first-order valence-electron chi connectivity index (χ1n) is 4.52. The van der Waals surface area contributed by atoms with Crippen LogP contribution in [0.25, 0.3) is 17.0 Å². The minimum atomic E-state index is 0.0745. The summed E-state index contributed by atoms with van der Waals surface area (Å²) in [5, 5.41) is 9.76. The van der Waals surface area contributed by atoms with E-state index in [4.69, 9.17) is 5.11 Å². The Balaban J connectivity index is 2.46. The van der Waals surface area contributed by atoms with E-state index in [-0.39, 0.29) is 6.61 Å². The van der Waals surface area contributed by atoms with E-state index in [0.717, 1.165) is 16.5 Å². The molecule has 0 saturated heterocycles. The number of benzene rings is 1. The molecule has 0 spiro atoms. The van der Waals surface area contributed by atoms with E-state index in [9.17, 15) is 0 Å². The van der Waals surface area contributed by atoms with Crippen LogP contribution < -0.4 is 0 Å². The Morgan fingerprint density at radius 1 is 1.29 bits per heavy atom. The van der Waals surface area contributed by atoms with Crippen LogP contribution in [0.4, 0.5) is 0 Å². The van der Waals surface area contributed by atoms with Gasteiger partial charge in [-0.2, -0.15) is 0 Å². The summed E-state index contributed by atoms with van der Waals surface area (Å²) in [6.45, 7) is 0.0745. The third-order valence-corrected chi connectivity index (χ3v) is 2.04. The van der Waals surface area contributed by atoms with Crippen molar-refractivity contribution in [1.82, 2.24) is 4.98 Å². The summed E-state index contributed by atoms with van der Waals surface area (Å²) in [6.07, 6.45) is 5.40. The van der Waals surface area contributed by atoms with Crippen molar-refractivity contribution in [2.75, 3.05) is 6.61 Å². The maximum Gasteiger partial charge on any atom is 0.0702 e. The average molecular weight is 185 g/mol. The molecule has 0 aliphatic heterocycles. The largest absolute Gasteiger partial charge is 0.392 e. The Hall–Kier alpha value is -1.67. The quantitative estimate of drug-likeness (QED) is 0.778. The van der Waals surface area contributed by atoms with E-state index in [1.165, 1.54) is 0 Å². The summed E-state index contributed by atoms with van der Waals surface area (Å²) in [6, 6.07) is 9.96. The topological polar surface area (TPSA) is 33.1 Å². The first kappa shape index (κ1) is 8.91. The Kier molecular flexibility index (Phi) is 2.56. The van der Waals surface area contributed by atoms with Gasteiger partial charge in [0.15, 0.2) is 0 Å². The van der Waals surface area contributed by atoms with Gasteiger partial charge in [-0.25, -0.2) is 0 Å². The first-order valence-corrected chi connectivity index (χ1v) is 4.52. The van der Waals surface area contributed by atoms with Gasteiger partial charge in [0.25, 0.3) is 0 Å². The molecule has 70 valence electrons. The molecule has 0 amide bonds. The van der Waals surface area contributed by atoms with Gasteiger partial charge >= 0.3 is 0 Å². The van der Waals surface area contributed by atoms with E-state index in [1.54, 1.807) is 12.3 Å². The Morgan fingerprint density at radius 3 is 3.07 bits per heavy atom. The van der Waals surface area contributed by atoms with Crippen molar-refractivity contribution >= 4 is 17.0 Å². The van der Waals surface area contributed by atoms with Crippen LogP contribution in [0.2, 0.25) is 0 Å². The molecule has 2 heteroatoms. The maximum atomic E-state index is 8.64. The van der Waals surface area contributed by atoms with E-state index in [1.807, 2.05) is 30.3 Å². The third kappa shape index (κ3) is 1.80. The fourth-order valence-electron chi connectivity index (χ4n) is 1.39. The summed E-state index contributed by atoms with van der Waals surface area (Å²) in [5.74, 6) is 0. The van der Waals surface area contributed by atoms with Crippen molar-refractivity contribution in [3.63, 3.8) is 0 Å².